The van der Waals surface area contributed by atoms with Crippen molar-refractivity contribution in [2.24, 2.45) is 10.3 Å². The van der Waals surface area contributed by atoms with Gasteiger partial charge in [0.1, 0.15) is 11.4 Å². The number of hydrogen-bond acceptors (Lipinski definition) is 6. The van der Waals surface area contributed by atoms with Crippen LogP contribution in [0, 0.1) is 0 Å². The fourth-order valence-electron chi connectivity index (χ4n) is 4.02. The second-order valence-electron chi connectivity index (χ2n) is 9.27. The molecular formula is C30H48FeN4O2. The number of unbranched alkanes of at least 4 members (excludes halogenated alkanes) is 12. The zero-order valence-electron chi connectivity index (χ0n) is 23.0. The molecule has 7 heteroatoms. The molecule has 208 valence electrons. The van der Waals surface area contributed by atoms with Gasteiger partial charge in [-0.2, -0.15) is 0 Å². The van der Waals surface area contributed by atoms with Gasteiger partial charge in [-0.25, -0.2) is 0 Å². The number of rotatable bonds is 18. The van der Waals surface area contributed by atoms with E-state index in [1.807, 2.05) is 36.4 Å². The van der Waals surface area contributed by atoms with Crippen molar-refractivity contribution < 1.29 is 27.5 Å². The van der Waals surface area contributed by atoms with Crippen LogP contribution >= 0.6 is 0 Å². The molecule has 2 aromatic heterocycles. The van der Waals surface area contributed by atoms with Crippen LogP contribution in [0.25, 0.3) is 0 Å². The van der Waals surface area contributed by atoms with Crippen molar-refractivity contribution in [3.05, 3.63) is 60.2 Å². The third-order valence-corrected chi connectivity index (χ3v) is 6.20. The third-order valence-electron chi connectivity index (χ3n) is 6.20. The Kier molecular flexibility index (Phi) is 23.9. The summed E-state index contributed by atoms with van der Waals surface area (Å²) >= 11 is 0. The van der Waals surface area contributed by atoms with Crippen LogP contribution in [0.15, 0.2) is 59.1 Å². The molecule has 0 aliphatic carbocycles. The van der Waals surface area contributed by atoms with Gasteiger partial charge in [0, 0.05) is 29.5 Å². The minimum Gasteiger partial charge on any atom is -0.411 e. The van der Waals surface area contributed by atoms with Gasteiger partial charge in [0.25, 0.3) is 0 Å². The van der Waals surface area contributed by atoms with Crippen LogP contribution in [-0.4, -0.2) is 31.8 Å². The quantitative estimate of drug-likeness (QED) is 0.0636. The molecule has 0 aliphatic rings. The second-order valence-corrected chi connectivity index (χ2v) is 9.27. The molecule has 6 nitrogen and oxygen atoms in total. The summed E-state index contributed by atoms with van der Waals surface area (Å²) in [6.07, 6.45) is 22.8. The fraction of sp³-hybridized carbons (Fsp3) is 0.600. The Hall–Kier alpha value is -2.24. The minimum absolute atomic E-state index is 0. The van der Waals surface area contributed by atoms with E-state index in [1.165, 1.54) is 77.0 Å². The summed E-state index contributed by atoms with van der Waals surface area (Å²) in [5.74, 6) is 0. The van der Waals surface area contributed by atoms with E-state index in [4.69, 9.17) is 10.4 Å². The van der Waals surface area contributed by atoms with Gasteiger partial charge < -0.3 is 10.4 Å². The Labute approximate surface area is 235 Å². The van der Waals surface area contributed by atoms with Crippen molar-refractivity contribution in [2.75, 3.05) is 0 Å². The predicted molar refractivity (Wildman–Crippen MR) is 150 cm³/mol. The number of oxime groups is 2. The topological polar surface area (TPSA) is 91.0 Å². The minimum atomic E-state index is 0. The van der Waals surface area contributed by atoms with E-state index in [0.29, 0.717) is 11.4 Å². The van der Waals surface area contributed by atoms with Crippen molar-refractivity contribution in [1.82, 2.24) is 9.97 Å². The first kappa shape index (κ1) is 34.8. The van der Waals surface area contributed by atoms with Gasteiger partial charge in [-0.1, -0.05) is 113 Å². The van der Waals surface area contributed by atoms with E-state index >= 15 is 0 Å². The summed E-state index contributed by atoms with van der Waals surface area (Å²) in [5.41, 5.74) is 2.96. The maximum Gasteiger partial charge on any atom is 0.105 e. The van der Waals surface area contributed by atoms with Crippen LogP contribution in [0.4, 0.5) is 0 Å². The van der Waals surface area contributed by atoms with Crippen molar-refractivity contribution in [1.29, 1.82) is 0 Å². The molecule has 0 atom stereocenters. The predicted octanol–water partition coefficient (Wildman–Crippen LogP) is 8.80. The smallest absolute Gasteiger partial charge is 0.105 e. The Balaban J connectivity index is 0.000000682. The summed E-state index contributed by atoms with van der Waals surface area (Å²) < 4.78 is 0. The Morgan fingerprint density at radius 3 is 1.22 bits per heavy atom. The van der Waals surface area contributed by atoms with Gasteiger partial charge in [0.05, 0.1) is 11.4 Å². The molecule has 0 bridgehead atoms. The number of nitrogens with zero attached hydrogens (tertiary/aromatic N) is 4. The molecule has 0 spiro atoms. The Morgan fingerprint density at radius 2 is 0.919 bits per heavy atom. The normalized spacial score (nSPS) is 11.4. The van der Waals surface area contributed by atoms with Crippen LogP contribution < -0.4 is 0 Å². The molecule has 0 saturated heterocycles. The molecule has 0 fully saturated rings. The van der Waals surface area contributed by atoms with Crippen molar-refractivity contribution in [2.45, 2.75) is 117 Å². The van der Waals surface area contributed by atoms with Crippen LogP contribution in [0.3, 0.4) is 0 Å². The van der Waals surface area contributed by atoms with Crippen LogP contribution in [0.1, 0.15) is 128 Å². The molecule has 0 saturated carbocycles. The maximum absolute atomic E-state index is 9.00. The van der Waals surface area contributed by atoms with E-state index < -0.39 is 0 Å². The van der Waals surface area contributed by atoms with Gasteiger partial charge >= 0.3 is 0 Å². The molecule has 37 heavy (non-hydrogen) atoms. The van der Waals surface area contributed by atoms with Crippen LogP contribution in [0.5, 0.6) is 0 Å². The average molecular weight is 553 g/mol. The van der Waals surface area contributed by atoms with Gasteiger partial charge in [-0.05, 0) is 49.9 Å². The average Bonchev–Trinajstić information content (AvgIpc) is 2.93. The van der Waals surface area contributed by atoms with Gasteiger partial charge in [-0.15, -0.1) is 0 Å². The third kappa shape index (κ3) is 17.8. The SMILES string of the molecule is CCCCCCCCC/C(=N/O)c1ccccn1.CCCCCCCCC/C(=N/O)c1ccccn1.[Fe]. The zero-order chi connectivity index (χ0) is 26.1. The van der Waals surface area contributed by atoms with Crippen molar-refractivity contribution in [3.8, 4) is 0 Å². The largest absolute Gasteiger partial charge is 0.411 e. The zero-order valence-corrected chi connectivity index (χ0v) is 24.1. The Bertz CT molecular complexity index is 747. The fourth-order valence-corrected chi connectivity index (χ4v) is 4.02. The monoisotopic (exact) mass is 552 g/mol. The first-order valence-corrected chi connectivity index (χ1v) is 14.0. The molecule has 0 unspecified atom stereocenters. The van der Waals surface area contributed by atoms with E-state index in [1.54, 1.807) is 12.4 Å². The van der Waals surface area contributed by atoms with E-state index in [-0.39, 0.29) is 17.1 Å². The maximum atomic E-state index is 9.00. The number of pyridine rings is 2. The van der Waals surface area contributed by atoms with Gasteiger partial charge in [0.15, 0.2) is 0 Å². The second kappa shape index (κ2) is 25.4. The molecule has 2 N–H and O–H groups in total. The van der Waals surface area contributed by atoms with Crippen molar-refractivity contribution >= 4 is 11.4 Å². The summed E-state index contributed by atoms with van der Waals surface area (Å²) in [6, 6.07) is 11.3. The van der Waals surface area contributed by atoms with Gasteiger partial charge in [-0.3, -0.25) is 9.97 Å². The Morgan fingerprint density at radius 1 is 0.568 bits per heavy atom. The summed E-state index contributed by atoms with van der Waals surface area (Å²) in [5, 5.41) is 24.7. The van der Waals surface area contributed by atoms with Gasteiger partial charge in [0.2, 0.25) is 0 Å². The first-order valence-electron chi connectivity index (χ1n) is 14.0. The number of aromatic nitrogens is 2. The molecule has 2 rings (SSSR count). The van der Waals surface area contributed by atoms with E-state index in [2.05, 4.69) is 34.1 Å². The summed E-state index contributed by atoms with van der Waals surface area (Å²) in [4.78, 5) is 8.40. The summed E-state index contributed by atoms with van der Waals surface area (Å²) in [7, 11) is 0. The van der Waals surface area contributed by atoms with E-state index in [9.17, 15) is 0 Å². The van der Waals surface area contributed by atoms with Crippen LogP contribution in [0.2, 0.25) is 0 Å². The van der Waals surface area contributed by atoms with E-state index in [0.717, 1.165) is 37.1 Å². The molecule has 0 aliphatic heterocycles. The van der Waals surface area contributed by atoms with Crippen LogP contribution in [-0.2, 0) is 17.1 Å². The molecule has 2 aromatic rings. The molecule has 0 radical (unpaired) electrons. The summed E-state index contributed by atoms with van der Waals surface area (Å²) in [6.45, 7) is 4.47. The molecular weight excluding hydrogens is 504 g/mol. The standard InChI is InChI=1S/2C15H24N2O.Fe/c2*1-2-3-4-5-6-7-8-12-15(17-18)14-11-9-10-13-16-14;/h2*9-11,13,18H,2-8,12H2,1H3;/b2*17-15-;. The molecule has 0 amide bonds. The first-order chi connectivity index (χ1) is 17.8. The molecule has 2 heterocycles. The number of hydrogen-bond donors (Lipinski definition) is 2. The molecule has 0 aromatic carbocycles. The van der Waals surface area contributed by atoms with Crippen molar-refractivity contribution in [3.63, 3.8) is 0 Å².